The Morgan fingerprint density at radius 2 is 2.00 bits per heavy atom. The van der Waals surface area contributed by atoms with Crippen molar-refractivity contribution in [1.82, 2.24) is 14.3 Å². The van der Waals surface area contributed by atoms with Gasteiger partial charge in [-0.3, -0.25) is 4.90 Å². The second-order valence-electron chi connectivity index (χ2n) is 7.56. The molecule has 4 bridgehead atoms. The summed E-state index contributed by atoms with van der Waals surface area (Å²) in [5.74, 6) is 0.627. The van der Waals surface area contributed by atoms with Gasteiger partial charge in [0.25, 0.3) is 0 Å². The third-order valence-corrected chi connectivity index (χ3v) is 5.84. The van der Waals surface area contributed by atoms with E-state index in [4.69, 9.17) is 4.98 Å². The standard InChI is InChI=1S/C21H24FN5/c1-14-11-18(22)17-12-19(14)24-13-15-3-2-7-26(15)10-6-23-20-5-9-27-8-4-16(17)21(27)25-20/h4-5,8-9,11-12,15,24H,2-3,6-7,10,13H2,1H3,(H,23,25)/t15-/m0/s1. The van der Waals surface area contributed by atoms with Crippen LogP contribution in [0.2, 0.25) is 0 Å². The lowest BCUT2D eigenvalue weighted by atomic mass is 10.0. The molecule has 140 valence electrons. The van der Waals surface area contributed by atoms with E-state index in [1.807, 2.05) is 41.9 Å². The van der Waals surface area contributed by atoms with Crippen LogP contribution in [0, 0.1) is 12.7 Å². The first kappa shape index (κ1) is 16.6. The van der Waals surface area contributed by atoms with E-state index in [0.29, 0.717) is 11.6 Å². The second kappa shape index (κ2) is 6.53. The number of fused-ring (bicyclic) bond motifs is 5. The van der Waals surface area contributed by atoms with Crippen LogP contribution in [0.15, 0.2) is 36.7 Å². The normalized spacial score (nSPS) is 20.1. The highest BCUT2D eigenvalue weighted by Gasteiger charge is 2.24. The largest absolute Gasteiger partial charge is 0.383 e. The zero-order chi connectivity index (χ0) is 18.4. The summed E-state index contributed by atoms with van der Waals surface area (Å²) in [6.07, 6.45) is 6.34. The Hall–Kier alpha value is -2.60. The summed E-state index contributed by atoms with van der Waals surface area (Å²) in [6.45, 7) is 5.84. The highest BCUT2D eigenvalue weighted by Crippen LogP contribution is 2.32. The van der Waals surface area contributed by atoms with Gasteiger partial charge in [-0.25, -0.2) is 9.37 Å². The lowest BCUT2D eigenvalue weighted by Crippen LogP contribution is -2.38. The van der Waals surface area contributed by atoms with Crippen molar-refractivity contribution in [2.24, 2.45) is 0 Å². The molecule has 2 N–H and O–H groups in total. The van der Waals surface area contributed by atoms with E-state index in [9.17, 15) is 4.39 Å². The van der Waals surface area contributed by atoms with Gasteiger partial charge in [0.1, 0.15) is 17.3 Å². The number of hydrogen-bond donors (Lipinski definition) is 2. The minimum absolute atomic E-state index is 0.208. The van der Waals surface area contributed by atoms with Gasteiger partial charge in [0.05, 0.1) is 0 Å². The van der Waals surface area contributed by atoms with Gasteiger partial charge >= 0.3 is 0 Å². The molecule has 2 aromatic heterocycles. The van der Waals surface area contributed by atoms with E-state index >= 15 is 0 Å². The quantitative estimate of drug-likeness (QED) is 0.637. The van der Waals surface area contributed by atoms with Crippen molar-refractivity contribution >= 4 is 17.2 Å². The van der Waals surface area contributed by atoms with E-state index in [2.05, 4.69) is 15.5 Å². The molecule has 1 atom stereocenters. The van der Waals surface area contributed by atoms with E-state index in [0.717, 1.165) is 54.5 Å². The van der Waals surface area contributed by atoms with Gasteiger partial charge in [0, 0.05) is 54.9 Å². The predicted molar refractivity (Wildman–Crippen MR) is 107 cm³/mol. The van der Waals surface area contributed by atoms with E-state index in [1.54, 1.807) is 6.07 Å². The van der Waals surface area contributed by atoms with Crippen molar-refractivity contribution in [3.05, 3.63) is 48.0 Å². The molecule has 0 radical (unpaired) electrons. The molecule has 0 unspecified atom stereocenters. The zero-order valence-electron chi connectivity index (χ0n) is 15.5. The Kier molecular flexibility index (Phi) is 4.01. The number of benzene rings is 1. The van der Waals surface area contributed by atoms with Crippen molar-refractivity contribution in [3.8, 4) is 11.1 Å². The summed E-state index contributed by atoms with van der Waals surface area (Å²) in [5, 5.41) is 7.02. The van der Waals surface area contributed by atoms with E-state index in [-0.39, 0.29) is 5.82 Å². The maximum absolute atomic E-state index is 14.8. The van der Waals surface area contributed by atoms with Crippen LogP contribution in [-0.2, 0) is 0 Å². The highest BCUT2D eigenvalue weighted by molar-refractivity contribution is 5.81. The summed E-state index contributed by atoms with van der Waals surface area (Å²) in [7, 11) is 0. The molecule has 2 aliphatic heterocycles. The topological polar surface area (TPSA) is 44.6 Å². The first-order valence-corrected chi connectivity index (χ1v) is 9.69. The Morgan fingerprint density at radius 3 is 2.93 bits per heavy atom. The Morgan fingerprint density at radius 1 is 1.11 bits per heavy atom. The molecule has 0 saturated carbocycles. The maximum atomic E-state index is 14.8. The number of aromatic nitrogens is 2. The van der Waals surface area contributed by atoms with Crippen LogP contribution in [0.1, 0.15) is 18.4 Å². The summed E-state index contributed by atoms with van der Waals surface area (Å²) < 4.78 is 16.8. The van der Waals surface area contributed by atoms with Gasteiger partial charge in [-0.1, -0.05) is 0 Å². The van der Waals surface area contributed by atoms with Crippen LogP contribution in [0.5, 0.6) is 0 Å². The fourth-order valence-corrected chi connectivity index (χ4v) is 4.33. The summed E-state index contributed by atoms with van der Waals surface area (Å²) in [4.78, 5) is 7.29. The van der Waals surface area contributed by atoms with Crippen LogP contribution in [0.3, 0.4) is 0 Å². The maximum Gasteiger partial charge on any atom is 0.147 e. The molecule has 5 nitrogen and oxygen atoms in total. The molecule has 3 aromatic rings. The van der Waals surface area contributed by atoms with Crippen molar-refractivity contribution in [3.63, 3.8) is 0 Å². The van der Waals surface area contributed by atoms with E-state index in [1.165, 1.54) is 12.8 Å². The third kappa shape index (κ3) is 2.94. The Balaban J connectivity index is 1.64. The van der Waals surface area contributed by atoms with Crippen molar-refractivity contribution < 1.29 is 4.39 Å². The minimum Gasteiger partial charge on any atom is -0.383 e. The summed E-state index contributed by atoms with van der Waals surface area (Å²) >= 11 is 0. The molecule has 1 saturated heterocycles. The number of halogens is 1. The molecular formula is C21H24FN5. The summed E-state index contributed by atoms with van der Waals surface area (Å²) in [5.41, 5.74) is 4.12. The second-order valence-corrected chi connectivity index (χ2v) is 7.56. The number of rotatable bonds is 0. The molecule has 27 heavy (non-hydrogen) atoms. The number of hydrogen-bond acceptors (Lipinski definition) is 4. The molecule has 0 spiro atoms. The van der Waals surface area contributed by atoms with Gasteiger partial charge < -0.3 is 15.0 Å². The smallest absolute Gasteiger partial charge is 0.147 e. The first-order chi connectivity index (χ1) is 13.2. The van der Waals surface area contributed by atoms with Gasteiger partial charge in [-0.15, -0.1) is 0 Å². The molecular weight excluding hydrogens is 341 g/mol. The number of nitrogens with one attached hydrogen (secondary N) is 2. The van der Waals surface area contributed by atoms with Crippen LogP contribution < -0.4 is 10.6 Å². The fourth-order valence-electron chi connectivity index (χ4n) is 4.33. The van der Waals surface area contributed by atoms with Crippen molar-refractivity contribution in [1.29, 1.82) is 0 Å². The number of aryl methyl sites for hydroxylation is 1. The molecule has 0 aliphatic carbocycles. The van der Waals surface area contributed by atoms with Gasteiger partial charge in [-0.05, 0) is 56.1 Å². The lowest BCUT2D eigenvalue weighted by Gasteiger charge is -2.26. The van der Waals surface area contributed by atoms with Crippen LogP contribution in [0.4, 0.5) is 15.9 Å². The average Bonchev–Trinajstić information content (AvgIpc) is 3.27. The van der Waals surface area contributed by atoms with Crippen molar-refractivity contribution in [2.45, 2.75) is 25.8 Å². The molecule has 2 aliphatic rings. The average molecular weight is 365 g/mol. The SMILES string of the molecule is Cc1cc(F)c2cc1NC[C@@H]1CCCN1CCNc1ccn3ccc-2c3n1. The van der Waals surface area contributed by atoms with Crippen LogP contribution in [-0.4, -0.2) is 46.5 Å². The first-order valence-electron chi connectivity index (χ1n) is 9.69. The molecule has 5 rings (SSSR count). The molecule has 4 heterocycles. The van der Waals surface area contributed by atoms with Gasteiger partial charge in [0.15, 0.2) is 0 Å². The fraction of sp³-hybridized carbons (Fsp3) is 0.381. The molecule has 0 amide bonds. The molecule has 6 heteroatoms. The Labute approximate surface area is 158 Å². The predicted octanol–water partition coefficient (Wildman–Crippen LogP) is 3.75. The lowest BCUT2D eigenvalue weighted by molar-refractivity contribution is 0.272. The van der Waals surface area contributed by atoms with Gasteiger partial charge in [-0.2, -0.15) is 0 Å². The molecule has 1 fully saturated rings. The van der Waals surface area contributed by atoms with Gasteiger partial charge in [0.2, 0.25) is 0 Å². The van der Waals surface area contributed by atoms with Crippen LogP contribution >= 0.6 is 0 Å². The molecule has 1 aromatic carbocycles. The van der Waals surface area contributed by atoms with E-state index < -0.39 is 0 Å². The monoisotopic (exact) mass is 365 g/mol. The van der Waals surface area contributed by atoms with Crippen LogP contribution in [0.25, 0.3) is 16.8 Å². The van der Waals surface area contributed by atoms with Crippen molar-refractivity contribution in [2.75, 3.05) is 36.8 Å². The summed E-state index contributed by atoms with van der Waals surface area (Å²) in [6, 6.07) is 7.99. The Bertz CT molecular complexity index is 996. The zero-order valence-corrected chi connectivity index (χ0v) is 15.5. The number of nitrogens with zero attached hydrogens (tertiary/aromatic N) is 3. The highest BCUT2D eigenvalue weighted by atomic mass is 19.1. The minimum atomic E-state index is -0.208. The third-order valence-electron chi connectivity index (χ3n) is 5.84. The number of anilines is 2.